The molecule has 0 aliphatic heterocycles. The largest absolute Gasteiger partial charge is 0.497 e. The summed E-state index contributed by atoms with van der Waals surface area (Å²) >= 11 is 1.26. The van der Waals surface area contributed by atoms with Crippen molar-refractivity contribution in [1.82, 2.24) is 10.3 Å². The SMILES string of the molecule is COc1ccc(CNC(=O)CSc2ncccc2C#N)cc1. The number of aromatic nitrogens is 1. The molecule has 5 nitrogen and oxygen atoms in total. The summed E-state index contributed by atoms with van der Waals surface area (Å²) in [6, 6.07) is 13.0. The van der Waals surface area contributed by atoms with E-state index in [0.29, 0.717) is 17.1 Å². The molecule has 1 aromatic carbocycles. The summed E-state index contributed by atoms with van der Waals surface area (Å²) in [5, 5.41) is 12.4. The van der Waals surface area contributed by atoms with E-state index >= 15 is 0 Å². The zero-order valence-corrected chi connectivity index (χ0v) is 12.9. The van der Waals surface area contributed by atoms with E-state index in [1.54, 1.807) is 25.4 Å². The summed E-state index contributed by atoms with van der Waals surface area (Å²) < 4.78 is 5.08. The number of methoxy groups -OCH3 is 1. The summed E-state index contributed by atoms with van der Waals surface area (Å²) in [5.74, 6) is 0.905. The molecule has 0 saturated carbocycles. The van der Waals surface area contributed by atoms with E-state index in [9.17, 15) is 4.79 Å². The molecule has 22 heavy (non-hydrogen) atoms. The highest BCUT2D eigenvalue weighted by atomic mass is 32.2. The monoisotopic (exact) mass is 313 g/mol. The van der Waals surface area contributed by atoms with E-state index in [1.165, 1.54) is 11.8 Å². The molecule has 0 atom stereocenters. The topological polar surface area (TPSA) is 75.0 Å². The Balaban J connectivity index is 1.81. The van der Waals surface area contributed by atoms with Crippen LogP contribution in [-0.4, -0.2) is 23.8 Å². The van der Waals surface area contributed by atoms with Gasteiger partial charge in [0.25, 0.3) is 0 Å². The van der Waals surface area contributed by atoms with E-state index in [4.69, 9.17) is 10.00 Å². The Hall–Kier alpha value is -2.52. The molecule has 0 radical (unpaired) electrons. The number of carbonyl (C=O) groups is 1. The molecule has 112 valence electrons. The van der Waals surface area contributed by atoms with Crippen molar-refractivity contribution in [3.63, 3.8) is 0 Å². The number of pyridine rings is 1. The van der Waals surface area contributed by atoms with Crippen molar-refractivity contribution in [2.45, 2.75) is 11.6 Å². The van der Waals surface area contributed by atoms with Gasteiger partial charge in [0.2, 0.25) is 5.91 Å². The molecular formula is C16H15N3O2S. The van der Waals surface area contributed by atoms with Crippen LogP contribution < -0.4 is 10.1 Å². The van der Waals surface area contributed by atoms with Gasteiger partial charge in [-0.1, -0.05) is 23.9 Å². The molecule has 0 aliphatic rings. The lowest BCUT2D eigenvalue weighted by molar-refractivity contribution is -0.118. The second kappa shape index (κ2) is 8.05. The highest BCUT2D eigenvalue weighted by molar-refractivity contribution is 7.99. The van der Waals surface area contributed by atoms with Crippen LogP contribution in [0.15, 0.2) is 47.6 Å². The molecule has 0 aliphatic carbocycles. The molecule has 0 saturated heterocycles. The van der Waals surface area contributed by atoms with Gasteiger partial charge in [-0.15, -0.1) is 0 Å². The normalized spacial score (nSPS) is 9.82. The van der Waals surface area contributed by atoms with Gasteiger partial charge in [-0.3, -0.25) is 4.79 Å². The minimum atomic E-state index is -0.102. The Kier molecular flexibility index (Phi) is 5.81. The molecule has 1 N–H and O–H groups in total. The van der Waals surface area contributed by atoms with E-state index < -0.39 is 0 Å². The summed E-state index contributed by atoms with van der Waals surface area (Å²) in [6.45, 7) is 0.455. The van der Waals surface area contributed by atoms with Crippen molar-refractivity contribution in [3.05, 3.63) is 53.7 Å². The van der Waals surface area contributed by atoms with E-state index in [0.717, 1.165) is 11.3 Å². The number of nitriles is 1. The first-order chi connectivity index (χ1) is 10.7. The van der Waals surface area contributed by atoms with Crippen molar-refractivity contribution >= 4 is 17.7 Å². The Bertz CT molecular complexity index is 681. The van der Waals surface area contributed by atoms with E-state index in [-0.39, 0.29) is 11.7 Å². The smallest absolute Gasteiger partial charge is 0.230 e. The maximum absolute atomic E-state index is 11.8. The second-order valence-electron chi connectivity index (χ2n) is 4.38. The average Bonchev–Trinajstić information content (AvgIpc) is 2.58. The number of ether oxygens (including phenoxy) is 1. The highest BCUT2D eigenvalue weighted by Gasteiger charge is 2.07. The van der Waals surface area contributed by atoms with E-state index in [1.807, 2.05) is 24.3 Å². The van der Waals surface area contributed by atoms with Crippen LogP contribution in [0.2, 0.25) is 0 Å². The van der Waals surface area contributed by atoms with Gasteiger partial charge in [0, 0.05) is 12.7 Å². The Labute approximate surface area is 133 Å². The number of rotatable bonds is 6. The molecule has 0 bridgehead atoms. The molecule has 0 unspecified atom stereocenters. The summed E-state index contributed by atoms with van der Waals surface area (Å²) in [7, 11) is 1.61. The number of benzene rings is 1. The number of carbonyl (C=O) groups excluding carboxylic acids is 1. The Morgan fingerprint density at radius 1 is 1.36 bits per heavy atom. The van der Waals surface area contributed by atoms with Crippen molar-refractivity contribution in [1.29, 1.82) is 5.26 Å². The third kappa shape index (κ3) is 4.50. The molecule has 2 rings (SSSR count). The number of hydrogen-bond donors (Lipinski definition) is 1. The van der Waals surface area contributed by atoms with Crippen molar-refractivity contribution in [2.75, 3.05) is 12.9 Å². The van der Waals surface area contributed by atoms with Crippen LogP contribution in [0.25, 0.3) is 0 Å². The zero-order chi connectivity index (χ0) is 15.8. The van der Waals surface area contributed by atoms with Crippen LogP contribution in [0, 0.1) is 11.3 Å². The van der Waals surface area contributed by atoms with Crippen molar-refractivity contribution < 1.29 is 9.53 Å². The van der Waals surface area contributed by atoms with Gasteiger partial charge in [0.1, 0.15) is 16.8 Å². The fourth-order valence-corrected chi connectivity index (χ4v) is 2.49. The van der Waals surface area contributed by atoms with Crippen molar-refractivity contribution in [3.8, 4) is 11.8 Å². The first-order valence-electron chi connectivity index (χ1n) is 6.60. The lowest BCUT2D eigenvalue weighted by Gasteiger charge is -2.06. The molecule has 1 amide bonds. The zero-order valence-electron chi connectivity index (χ0n) is 12.1. The third-order valence-corrected chi connectivity index (χ3v) is 3.89. The Morgan fingerprint density at radius 3 is 2.82 bits per heavy atom. The number of amides is 1. The minimum absolute atomic E-state index is 0.102. The van der Waals surface area contributed by atoms with Crippen LogP contribution in [0.1, 0.15) is 11.1 Å². The molecule has 6 heteroatoms. The van der Waals surface area contributed by atoms with Gasteiger partial charge < -0.3 is 10.1 Å². The maximum atomic E-state index is 11.8. The van der Waals surface area contributed by atoms with E-state index in [2.05, 4.69) is 16.4 Å². The van der Waals surface area contributed by atoms with Crippen LogP contribution in [0.5, 0.6) is 5.75 Å². The predicted octanol–water partition coefficient (Wildman–Crippen LogP) is 2.37. The fraction of sp³-hybridized carbons (Fsp3) is 0.188. The van der Waals surface area contributed by atoms with Gasteiger partial charge in [0.15, 0.2) is 0 Å². The van der Waals surface area contributed by atoms with Crippen LogP contribution >= 0.6 is 11.8 Å². The number of hydrogen-bond acceptors (Lipinski definition) is 5. The first kappa shape index (κ1) is 15.9. The van der Waals surface area contributed by atoms with Gasteiger partial charge in [-0.05, 0) is 29.8 Å². The van der Waals surface area contributed by atoms with Crippen molar-refractivity contribution in [2.24, 2.45) is 0 Å². The predicted molar refractivity (Wildman–Crippen MR) is 84.5 cm³/mol. The quantitative estimate of drug-likeness (QED) is 0.829. The number of nitrogens with zero attached hydrogens (tertiary/aromatic N) is 2. The standard InChI is InChI=1S/C16H15N3O2S/c1-21-14-6-4-12(5-7-14)10-19-15(20)11-22-16-13(9-17)3-2-8-18-16/h2-8H,10-11H2,1H3,(H,19,20). The summed E-state index contributed by atoms with van der Waals surface area (Å²) in [6.07, 6.45) is 1.61. The van der Waals surface area contributed by atoms with Gasteiger partial charge >= 0.3 is 0 Å². The molecular weight excluding hydrogens is 298 g/mol. The highest BCUT2D eigenvalue weighted by Crippen LogP contribution is 2.18. The average molecular weight is 313 g/mol. The fourth-order valence-electron chi connectivity index (χ4n) is 1.72. The third-order valence-electron chi connectivity index (χ3n) is 2.88. The molecule has 2 aromatic rings. The molecule has 0 spiro atoms. The van der Waals surface area contributed by atoms with Gasteiger partial charge in [-0.25, -0.2) is 4.98 Å². The summed E-state index contributed by atoms with van der Waals surface area (Å²) in [4.78, 5) is 16.0. The minimum Gasteiger partial charge on any atom is -0.497 e. The lowest BCUT2D eigenvalue weighted by atomic mass is 10.2. The summed E-state index contributed by atoms with van der Waals surface area (Å²) in [5.41, 5.74) is 1.48. The van der Waals surface area contributed by atoms with Crippen LogP contribution in [0.3, 0.4) is 0 Å². The lowest BCUT2D eigenvalue weighted by Crippen LogP contribution is -2.24. The van der Waals surface area contributed by atoms with Gasteiger partial charge in [0.05, 0.1) is 18.4 Å². The van der Waals surface area contributed by atoms with Crippen LogP contribution in [0.4, 0.5) is 0 Å². The first-order valence-corrected chi connectivity index (χ1v) is 7.59. The Morgan fingerprint density at radius 2 is 2.14 bits per heavy atom. The molecule has 1 heterocycles. The van der Waals surface area contributed by atoms with Gasteiger partial charge in [-0.2, -0.15) is 5.26 Å². The molecule has 1 aromatic heterocycles. The number of nitrogens with one attached hydrogen (secondary N) is 1. The molecule has 0 fully saturated rings. The van der Waals surface area contributed by atoms with Crippen LogP contribution in [-0.2, 0) is 11.3 Å². The maximum Gasteiger partial charge on any atom is 0.230 e. The second-order valence-corrected chi connectivity index (χ2v) is 5.35. The number of thioether (sulfide) groups is 1.